The second kappa shape index (κ2) is 6.62. The summed E-state index contributed by atoms with van der Waals surface area (Å²) in [4.78, 5) is 10.9. The van der Waals surface area contributed by atoms with Gasteiger partial charge in [-0.05, 0) is 35.7 Å². The number of methoxy groups -OCH3 is 1. The topological polar surface area (TPSA) is 58.6 Å². The molecule has 0 aliphatic carbocycles. The molecule has 5 heteroatoms. The van der Waals surface area contributed by atoms with Crippen LogP contribution in [0.1, 0.15) is 12.5 Å². The molecule has 4 nitrogen and oxygen atoms in total. The zero-order valence-corrected chi connectivity index (χ0v) is 10.3. The number of rotatable bonds is 7. The van der Waals surface area contributed by atoms with Crippen molar-refractivity contribution in [2.75, 3.05) is 13.7 Å². The van der Waals surface area contributed by atoms with Crippen LogP contribution in [-0.2, 0) is 16.0 Å². The van der Waals surface area contributed by atoms with Gasteiger partial charge < -0.3 is 9.84 Å². The smallest absolute Gasteiger partial charge is 0.323 e. The van der Waals surface area contributed by atoms with Crippen LogP contribution in [0.4, 0.5) is 0 Å². The molecular formula is C11H17NO3S. The minimum absolute atomic E-state index is 0.117. The predicted octanol–water partition coefficient (Wildman–Crippen LogP) is 1.37. The summed E-state index contributed by atoms with van der Waals surface area (Å²) in [5, 5.41) is 16.1. The average molecular weight is 243 g/mol. The van der Waals surface area contributed by atoms with E-state index in [0.717, 1.165) is 6.42 Å². The minimum Gasteiger partial charge on any atom is -0.480 e. The molecular weight excluding hydrogens is 226 g/mol. The van der Waals surface area contributed by atoms with Gasteiger partial charge in [0.15, 0.2) is 0 Å². The van der Waals surface area contributed by atoms with Crippen LogP contribution in [0.15, 0.2) is 16.8 Å². The summed E-state index contributed by atoms with van der Waals surface area (Å²) in [5.74, 6) is -0.876. The third-order valence-corrected chi connectivity index (χ3v) is 2.97. The molecule has 0 amide bonds. The SMILES string of the molecule is COCC(NC(C)Cc1ccsc1)C(=O)O. The molecule has 0 aromatic carbocycles. The molecule has 0 bridgehead atoms. The van der Waals surface area contributed by atoms with E-state index < -0.39 is 12.0 Å². The van der Waals surface area contributed by atoms with E-state index >= 15 is 0 Å². The third kappa shape index (κ3) is 4.30. The van der Waals surface area contributed by atoms with Crippen molar-refractivity contribution in [3.63, 3.8) is 0 Å². The number of carboxylic acid groups (broad SMARTS) is 1. The maximum atomic E-state index is 10.9. The maximum absolute atomic E-state index is 10.9. The van der Waals surface area contributed by atoms with E-state index in [-0.39, 0.29) is 12.6 Å². The first kappa shape index (κ1) is 13.2. The number of thiophene rings is 1. The standard InChI is InChI=1S/C11H17NO3S/c1-8(5-9-3-4-16-7-9)12-10(6-15-2)11(13)14/h3-4,7-8,10,12H,5-6H2,1-2H3,(H,13,14). The molecule has 1 rings (SSSR count). The summed E-state index contributed by atoms with van der Waals surface area (Å²) in [5.41, 5.74) is 1.23. The van der Waals surface area contributed by atoms with Crippen molar-refractivity contribution in [2.45, 2.75) is 25.4 Å². The summed E-state index contributed by atoms with van der Waals surface area (Å²) < 4.78 is 4.86. The highest BCUT2D eigenvalue weighted by Gasteiger charge is 2.19. The van der Waals surface area contributed by atoms with Gasteiger partial charge in [0.2, 0.25) is 0 Å². The van der Waals surface area contributed by atoms with Crippen LogP contribution in [0.5, 0.6) is 0 Å². The first-order valence-corrected chi connectivity index (χ1v) is 6.06. The lowest BCUT2D eigenvalue weighted by Crippen LogP contribution is -2.45. The number of aliphatic carboxylic acids is 1. The van der Waals surface area contributed by atoms with E-state index in [4.69, 9.17) is 9.84 Å². The first-order chi connectivity index (χ1) is 7.63. The van der Waals surface area contributed by atoms with Crippen LogP contribution in [-0.4, -0.2) is 36.9 Å². The number of carboxylic acids is 1. The Morgan fingerprint density at radius 1 is 1.69 bits per heavy atom. The molecule has 2 N–H and O–H groups in total. The van der Waals surface area contributed by atoms with E-state index in [0.29, 0.717) is 0 Å². The van der Waals surface area contributed by atoms with Gasteiger partial charge in [0.25, 0.3) is 0 Å². The van der Waals surface area contributed by atoms with Crippen molar-refractivity contribution in [3.8, 4) is 0 Å². The summed E-state index contributed by atoms with van der Waals surface area (Å²) >= 11 is 1.65. The average Bonchev–Trinajstić information content (AvgIpc) is 2.69. The molecule has 0 aliphatic rings. The van der Waals surface area contributed by atoms with Crippen molar-refractivity contribution in [2.24, 2.45) is 0 Å². The largest absolute Gasteiger partial charge is 0.480 e. The highest BCUT2D eigenvalue weighted by atomic mass is 32.1. The van der Waals surface area contributed by atoms with Gasteiger partial charge in [-0.3, -0.25) is 10.1 Å². The molecule has 2 unspecified atom stereocenters. The Bertz CT molecular complexity index is 313. The number of hydrogen-bond acceptors (Lipinski definition) is 4. The van der Waals surface area contributed by atoms with Gasteiger partial charge >= 0.3 is 5.97 Å². The lowest BCUT2D eigenvalue weighted by molar-refractivity contribution is -0.141. The van der Waals surface area contributed by atoms with E-state index in [2.05, 4.69) is 16.8 Å². The lowest BCUT2D eigenvalue weighted by atomic mass is 10.1. The second-order valence-electron chi connectivity index (χ2n) is 3.75. The molecule has 90 valence electrons. The molecule has 0 aliphatic heterocycles. The predicted molar refractivity (Wildman–Crippen MR) is 63.9 cm³/mol. The summed E-state index contributed by atoms with van der Waals surface area (Å²) in [7, 11) is 1.50. The van der Waals surface area contributed by atoms with Crippen LogP contribution in [0.3, 0.4) is 0 Å². The van der Waals surface area contributed by atoms with Crippen LogP contribution in [0.2, 0.25) is 0 Å². The first-order valence-electron chi connectivity index (χ1n) is 5.12. The van der Waals surface area contributed by atoms with Crippen molar-refractivity contribution in [3.05, 3.63) is 22.4 Å². The Labute approximate surface area is 99.2 Å². The number of carbonyl (C=O) groups is 1. The van der Waals surface area contributed by atoms with Crippen molar-refractivity contribution in [1.29, 1.82) is 0 Å². The molecule has 0 radical (unpaired) electrons. The highest BCUT2D eigenvalue weighted by Crippen LogP contribution is 2.08. The van der Waals surface area contributed by atoms with E-state index in [1.165, 1.54) is 12.7 Å². The minimum atomic E-state index is -0.876. The second-order valence-corrected chi connectivity index (χ2v) is 4.53. The molecule has 0 saturated heterocycles. The van der Waals surface area contributed by atoms with Crippen molar-refractivity contribution >= 4 is 17.3 Å². The molecule has 1 aromatic rings. The number of hydrogen-bond donors (Lipinski definition) is 2. The van der Waals surface area contributed by atoms with Gasteiger partial charge in [-0.15, -0.1) is 0 Å². The Morgan fingerprint density at radius 2 is 2.44 bits per heavy atom. The Hall–Kier alpha value is -0.910. The van der Waals surface area contributed by atoms with E-state index in [1.54, 1.807) is 11.3 Å². The van der Waals surface area contributed by atoms with Crippen LogP contribution >= 0.6 is 11.3 Å². The quantitative estimate of drug-likeness (QED) is 0.759. The summed E-state index contributed by atoms with van der Waals surface area (Å²) in [6.07, 6.45) is 0.830. The number of nitrogens with one attached hydrogen (secondary N) is 1. The molecule has 0 spiro atoms. The summed E-state index contributed by atoms with van der Waals surface area (Å²) in [6, 6.07) is 1.53. The molecule has 2 atom stereocenters. The van der Waals surface area contributed by atoms with Gasteiger partial charge in [-0.25, -0.2) is 0 Å². The zero-order chi connectivity index (χ0) is 12.0. The summed E-state index contributed by atoms with van der Waals surface area (Å²) in [6.45, 7) is 2.16. The van der Waals surface area contributed by atoms with Crippen molar-refractivity contribution in [1.82, 2.24) is 5.32 Å². The molecule has 1 aromatic heterocycles. The Balaban J connectivity index is 2.42. The maximum Gasteiger partial charge on any atom is 0.323 e. The zero-order valence-electron chi connectivity index (χ0n) is 9.47. The van der Waals surface area contributed by atoms with Crippen LogP contribution < -0.4 is 5.32 Å². The Morgan fingerprint density at radius 3 is 2.94 bits per heavy atom. The normalized spacial score (nSPS) is 14.6. The monoisotopic (exact) mass is 243 g/mol. The van der Waals surface area contributed by atoms with Gasteiger partial charge in [0, 0.05) is 13.2 Å². The molecule has 1 heterocycles. The number of ether oxygens (including phenoxy) is 1. The van der Waals surface area contributed by atoms with Gasteiger partial charge in [-0.1, -0.05) is 0 Å². The third-order valence-electron chi connectivity index (χ3n) is 2.24. The van der Waals surface area contributed by atoms with Crippen LogP contribution in [0, 0.1) is 0 Å². The fourth-order valence-electron chi connectivity index (χ4n) is 1.52. The van der Waals surface area contributed by atoms with Crippen LogP contribution in [0.25, 0.3) is 0 Å². The van der Waals surface area contributed by atoms with Gasteiger partial charge in [0.05, 0.1) is 6.61 Å². The molecule has 0 fully saturated rings. The lowest BCUT2D eigenvalue weighted by Gasteiger charge is -2.19. The van der Waals surface area contributed by atoms with Gasteiger partial charge in [-0.2, -0.15) is 11.3 Å². The highest BCUT2D eigenvalue weighted by molar-refractivity contribution is 7.07. The van der Waals surface area contributed by atoms with Gasteiger partial charge in [0.1, 0.15) is 6.04 Å². The Kier molecular flexibility index (Phi) is 5.45. The molecule has 16 heavy (non-hydrogen) atoms. The fourth-order valence-corrected chi connectivity index (χ4v) is 2.20. The molecule has 0 saturated carbocycles. The van der Waals surface area contributed by atoms with E-state index in [9.17, 15) is 4.79 Å². The van der Waals surface area contributed by atoms with E-state index in [1.807, 2.05) is 12.3 Å². The van der Waals surface area contributed by atoms with Crippen molar-refractivity contribution < 1.29 is 14.6 Å². The fraction of sp³-hybridized carbons (Fsp3) is 0.545.